The van der Waals surface area contributed by atoms with Gasteiger partial charge in [0, 0.05) is 28.6 Å². The van der Waals surface area contributed by atoms with Gasteiger partial charge in [-0.25, -0.2) is 0 Å². The SMILES string of the molecule is O=C(CN(C1=NCCCS1)c1ccccc1)c1ccc(Cl)cc1. The number of rotatable bonds is 4. The fourth-order valence-corrected chi connectivity index (χ4v) is 3.45. The van der Waals surface area contributed by atoms with Gasteiger partial charge >= 0.3 is 0 Å². The number of ketones is 1. The van der Waals surface area contributed by atoms with Crippen LogP contribution in [0.5, 0.6) is 0 Å². The highest BCUT2D eigenvalue weighted by atomic mass is 35.5. The third kappa shape index (κ3) is 4.15. The number of carbonyl (C=O) groups excluding carboxylic acids is 1. The van der Waals surface area contributed by atoms with Gasteiger partial charge in [-0.15, -0.1) is 0 Å². The summed E-state index contributed by atoms with van der Waals surface area (Å²) >= 11 is 7.60. The summed E-state index contributed by atoms with van der Waals surface area (Å²) in [4.78, 5) is 19.2. The van der Waals surface area contributed by atoms with Gasteiger partial charge in [-0.2, -0.15) is 0 Å². The van der Waals surface area contributed by atoms with Crippen molar-refractivity contribution in [2.75, 3.05) is 23.7 Å². The van der Waals surface area contributed by atoms with Gasteiger partial charge in [0.15, 0.2) is 11.0 Å². The quantitative estimate of drug-likeness (QED) is 0.764. The molecule has 0 aliphatic carbocycles. The Kier molecular flexibility index (Phi) is 5.36. The van der Waals surface area contributed by atoms with Crippen LogP contribution in [0.25, 0.3) is 0 Å². The first-order valence-electron chi connectivity index (χ1n) is 7.52. The van der Waals surface area contributed by atoms with Crippen molar-refractivity contribution >= 4 is 40.0 Å². The summed E-state index contributed by atoms with van der Waals surface area (Å²) in [6.07, 6.45) is 1.09. The minimum absolute atomic E-state index is 0.0550. The third-order valence-corrected chi connectivity index (χ3v) is 4.90. The highest BCUT2D eigenvalue weighted by Gasteiger charge is 2.20. The van der Waals surface area contributed by atoms with E-state index in [1.54, 1.807) is 36.0 Å². The van der Waals surface area contributed by atoms with E-state index in [4.69, 9.17) is 11.6 Å². The molecule has 0 aromatic heterocycles. The summed E-state index contributed by atoms with van der Waals surface area (Å²) in [5.41, 5.74) is 1.65. The first-order chi connectivity index (χ1) is 11.2. The van der Waals surface area contributed by atoms with Gasteiger partial charge in [0.25, 0.3) is 0 Å². The Balaban J connectivity index is 1.85. The molecule has 1 aliphatic heterocycles. The number of thioether (sulfide) groups is 1. The van der Waals surface area contributed by atoms with E-state index < -0.39 is 0 Å². The summed E-state index contributed by atoms with van der Waals surface area (Å²) < 4.78 is 0. The molecule has 0 saturated heterocycles. The van der Waals surface area contributed by atoms with Gasteiger partial charge in [0.2, 0.25) is 0 Å². The van der Waals surface area contributed by atoms with E-state index in [2.05, 4.69) is 4.99 Å². The Hall–Kier alpha value is -1.78. The van der Waals surface area contributed by atoms with Crippen molar-refractivity contribution in [3.63, 3.8) is 0 Å². The third-order valence-electron chi connectivity index (χ3n) is 3.55. The lowest BCUT2D eigenvalue weighted by Gasteiger charge is -2.27. The van der Waals surface area contributed by atoms with Gasteiger partial charge in [0.05, 0.1) is 6.54 Å². The summed E-state index contributed by atoms with van der Waals surface area (Å²) in [6, 6.07) is 17.0. The van der Waals surface area contributed by atoms with E-state index in [1.165, 1.54) is 0 Å². The van der Waals surface area contributed by atoms with Crippen LogP contribution in [0.1, 0.15) is 16.8 Å². The molecule has 0 amide bonds. The topological polar surface area (TPSA) is 32.7 Å². The molecule has 0 unspecified atom stereocenters. The second-order valence-corrected chi connectivity index (χ2v) is 6.72. The maximum absolute atomic E-state index is 12.6. The monoisotopic (exact) mass is 344 g/mol. The lowest BCUT2D eigenvalue weighted by Crippen LogP contribution is -2.35. The Labute approximate surface area is 145 Å². The predicted octanol–water partition coefficient (Wildman–Crippen LogP) is 4.52. The number of amidine groups is 1. The van der Waals surface area contributed by atoms with Gasteiger partial charge in [0.1, 0.15) is 0 Å². The van der Waals surface area contributed by atoms with Crippen molar-refractivity contribution in [1.82, 2.24) is 0 Å². The molecule has 0 radical (unpaired) electrons. The lowest BCUT2D eigenvalue weighted by molar-refractivity contribution is 0.100. The number of hydrogen-bond donors (Lipinski definition) is 0. The molecular formula is C18H17ClN2OS. The van der Waals surface area contributed by atoms with Crippen LogP contribution >= 0.6 is 23.4 Å². The molecule has 118 valence electrons. The Morgan fingerprint density at radius 1 is 1.13 bits per heavy atom. The van der Waals surface area contributed by atoms with E-state index in [0.717, 1.165) is 29.6 Å². The number of nitrogens with zero attached hydrogens (tertiary/aromatic N) is 2. The molecule has 5 heteroatoms. The first-order valence-corrected chi connectivity index (χ1v) is 8.89. The summed E-state index contributed by atoms with van der Waals surface area (Å²) in [6.45, 7) is 1.10. The van der Waals surface area contributed by atoms with Crippen molar-refractivity contribution in [1.29, 1.82) is 0 Å². The number of benzene rings is 2. The number of aliphatic imine (C=N–C) groups is 1. The first kappa shape index (κ1) is 16.1. The predicted molar refractivity (Wildman–Crippen MR) is 98.9 cm³/mol. The van der Waals surface area contributed by atoms with Crippen molar-refractivity contribution in [2.45, 2.75) is 6.42 Å². The maximum atomic E-state index is 12.6. The molecular weight excluding hydrogens is 328 g/mol. The van der Waals surface area contributed by atoms with E-state index in [0.29, 0.717) is 10.6 Å². The van der Waals surface area contributed by atoms with E-state index >= 15 is 0 Å². The zero-order valence-electron chi connectivity index (χ0n) is 12.6. The second-order valence-electron chi connectivity index (χ2n) is 5.22. The van der Waals surface area contributed by atoms with Crippen LogP contribution in [0, 0.1) is 0 Å². The van der Waals surface area contributed by atoms with E-state index in [-0.39, 0.29) is 12.3 Å². The molecule has 0 bridgehead atoms. The number of para-hydroxylation sites is 1. The molecule has 0 saturated carbocycles. The zero-order valence-corrected chi connectivity index (χ0v) is 14.2. The van der Waals surface area contributed by atoms with Crippen LogP contribution in [0.4, 0.5) is 5.69 Å². The minimum Gasteiger partial charge on any atom is -0.313 e. The van der Waals surface area contributed by atoms with Crippen molar-refractivity contribution in [3.8, 4) is 0 Å². The average Bonchev–Trinajstić information content (AvgIpc) is 2.61. The normalized spacial score (nSPS) is 14.2. The average molecular weight is 345 g/mol. The molecule has 0 N–H and O–H groups in total. The highest BCUT2D eigenvalue weighted by molar-refractivity contribution is 8.14. The molecule has 2 aromatic carbocycles. The second kappa shape index (κ2) is 7.66. The lowest BCUT2D eigenvalue weighted by atomic mass is 10.1. The summed E-state index contributed by atoms with van der Waals surface area (Å²) in [7, 11) is 0. The van der Waals surface area contributed by atoms with Crippen molar-refractivity contribution < 1.29 is 4.79 Å². The standard InChI is InChI=1S/C18H17ClN2OS/c19-15-9-7-14(8-10-15)17(22)13-21(16-5-2-1-3-6-16)18-20-11-4-12-23-18/h1-3,5-10H,4,11-13H2. The minimum atomic E-state index is 0.0550. The van der Waals surface area contributed by atoms with Crippen LogP contribution < -0.4 is 4.90 Å². The number of Topliss-reactive ketones (excluding diaryl/α,β-unsaturated/α-hetero) is 1. The molecule has 23 heavy (non-hydrogen) atoms. The highest BCUT2D eigenvalue weighted by Crippen LogP contribution is 2.23. The van der Waals surface area contributed by atoms with Crippen LogP contribution in [0.3, 0.4) is 0 Å². The molecule has 0 fully saturated rings. The van der Waals surface area contributed by atoms with Crippen LogP contribution in [-0.4, -0.2) is 29.8 Å². The summed E-state index contributed by atoms with van der Waals surface area (Å²) in [5, 5.41) is 1.55. The van der Waals surface area contributed by atoms with Crippen LogP contribution in [-0.2, 0) is 0 Å². The molecule has 1 heterocycles. The smallest absolute Gasteiger partial charge is 0.182 e. The van der Waals surface area contributed by atoms with Gasteiger partial charge in [-0.3, -0.25) is 9.79 Å². The fourth-order valence-electron chi connectivity index (χ4n) is 2.36. The molecule has 1 aliphatic rings. The van der Waals surface area contributed by atoms with Crippen LogP contribution in [0.2, 0.25) is 5.02 Å². The van der Waals surface area contributed by atoms with Gasteiger partial charge in [-0.1, -0.05) is 41.6 Å². The van der Waals surface area contributed by atoms with Crippen LogP contribution in [0.15, 0.2) is 59.6 Å². The van der Waals surface area contributed by atoms with Crippen molar-refractivity contribution in [3.05, 3.63) is 65.2 Å². The maximum Gasteiger partial charge on any atom is 0.182 e. The van der Waals surface area contributed by atoms with Gasteiger partial charge in [-0.05, 0) is 42.8 Å². The van der Waals surface area contributed by atoms with E-state index in [1.807, 2.05) is 35.2 Å². The van der Waals surface area contributed by atoms with E-state index in [9.17, 15) is 4.79 Å². The molecule has 2 aromatic rings. The molecule has 0 spiro atoms. The fraction of sp³-hybridized carbons (Fsp3) is 0.222. The Bertz CT molecular complexity index is 701. The Morgan fingerprint density at radius 2 is 1.87 bits per heavy atom. The molecule has 3 nitrogen and oxygen atoms in total. The van der Waals surface area contributed by atoms with Gasteiger partial charge < -0.3 is 4.90 Å². The Morgan fingerprint density at radius 3 is 2.52 bits per heavy atom. The molecule has 3 rings (SSSR count). The summed E-state index contributed by atoms with van der Waals surface area (Å²) in [5.74, 6) is 1.09. The number of hydrogen-bond acceptors (Lipinski definition) is 4. The number of carbonyl (C=O) groups is 1. The zero-order chi connectivity index (χ0) is 16.1. The largest absolute Gasteiger partial charge is 0.313 e. The van der Waals surface area contributed by atoms with Crippen molar-refractivity contribution in [2.24, 2.45) is 4.99 Å². The molecule has 0 atom stereocenters. The number of halogens is 1. The number of anilines is 1.